The number of morpholine rings is 1. The predicted octanol–water partition coefficient (Wildman–Crippen LogP) is 1.86. The van der Waals surface area contributed by atoms with Crippen molar-refractivity contribution in [3.63, 3.8) is 0 Å². The maximum Gasteiger partial charge on any atom is 0.258 e. The molecule has 0 radical (unpaired) electrons. The van der Waals surface area contributed by atoms with E-state index >= 15 is 0 Å². The predicted molar refractivity (Wildman–Crippen MR) is 95.2 cm³/mol. The number of hydrogen-bond donors (Lipinski definition) is 2. The van der Waals surface area contributed by atoms with Gasteiger partial charge in [-0.15, -0.1) is 0 Å². The first kappa shape index (κ1) is 18.3. The number of benzene rings is 1. The molecule has 1 aliphatic heterocycles. The molecule has 2 aromatic rings. The largest absolute Gasteiger partial charge is 0.504 e. The number of carbonyl (C=O) groups excluding carboxylic acids is 1. The van der Waals surface area contributed by atoms with Crippen LogP contribution in [0.5, 0.6) is 11.5 Å². The Hall–Kier alpha value is -2.51. The van der Waals surface area contributed by atoms with Gasteiger partial charge in [-0.2, -0.15) is 0 Å². The van der Waals surface area contributed by atoms with Crippen LogP contribution in [0, 0.1) is 6.92 Å². The molecule has 0 saturated carbocycles. The standard InChI is InChI=1S/C19H24N2O5/c1-14-6-7-17(26-14)15(21-8-10-24-11-9-21)12-20-19(23)13-25-18-5-3-2-4-16(18)22/h2-7,15,22H,8-13H2,1H3,(H,20,23). The van der Waals surface area contributed by atoms with Crippen LogP contribution in [0.3, 0.4) is 0 Å². The topological polar surface area (TPSA) is 84.2 Å². The van der Waals surface area contributed by atoms with Crippen LogP contribution in [-0.2, 0) is 9.53 Å². The Morgan fingerprint density at radius 1 is 1.27 bits per heavy atom. The van der Waals surface area contributed by atoms with Crippen molar-refractivity contribution in [2.24, 2.45) is 0 Å². The van der Waals surface area contributed by atoms with Crippen molar-refractivity contribution in [1.29, 1.82) is 0 Å². The third-order valence-electron chi connectivity index (χ3n) is 4.29. The minimum atomic E-state index is -0.255. The molecule has 1 aromatic heterocycles. The van der Waals surface area contributed by atoms with Gasteiger partial charge < -0.3 is 24.3 Å². The van der Waals surface area contributed by atoms with Gasteiger partial charge in [-0.25, -0.2) is 0 Å². The van der Waals surface area contributed by atoms with Gasteiger partial charge in [-0.05, 0) is 31.2 Å². The highest BCUT2D eigenvalue weighted by Gasteiger charge is 2.25. The van der Waals surface area contributed by atoms with E-state index in [1.807, 2.05) is 19.1 Å². The fourth-order valence-corrected chi connectivity index (χ4v) is 2.92. The number of nitrogens with one attached hydrogen (secondary N) is 1. The van der Waals surface area contributed by atoms with E-state index < -0.39 is 0 Å². The van der Waals surface area contributed by atoms with E-state index in [9.17, 15) is 9.90 Å². The molecule has 1 aliphatic rings. The maximum absolute atomic E-state index is 12.2. The van der Waals surface area contributed by atoms with Crippen LogP contribution >= 0.6 is 0 Å². The van der Waals surface area contributed by atoms with Crippen LogP contribution in [0.1, 0.15) is 17.6 Å². The molecule has 3 rings (SSSR count). The zero-order valence-electron chi connectivity index (χ0n) is 14.8. The number of nitrogens with zero attached hydrogens (tertiary/aromatic N) is 1. The number of phenolic OH excluding ortho intramolecular Hbond substituents is 1. The second kappa shape index (κ2) is 8.73. The molecule has 0 spiro atoms. The smallest absolute Gasteiger partial charge is 0.258 e. The Kier molecular flexibility index (Phi) is 6.14. The van der Waals surface area contributed by atoms with Crippen molar-refractivity contribution in [2.45, 2.75) is 13.0 Å². The number of carbonyl (C=O) groups is 1. The van der Waals surface area contributed by atoms with Crippen LogP contribution in [0.2, 0.25) is 0 Å². The highest BCUT2D eigenvalue weighted by molar-refractivity contribution is 5.77. The monoisotopic (exact) mass is 360 g/mol. The van der Waals surface area contributed by atoms with E-state index in [-0.39, 0.29) is 30.1 Å². The third-order valence-corrected chi connectivity index (χ3v) is 4.29. The van der Waals surface area contributed by atoms with Gasteiger partial charge in [0, 0.05) is 19.6 Å². The molecule has 2 heterocycles. The zero-order chi connectivity index (χ0) is 18.4. The number of ether oxygens (including phenoxy) is 2. The second-order valence-corrected chi connectivity index (χ2v) is 6.17. The first-order chi connectivity index (χ1) is 12.6. The first-order valence-corrected chi connectivity index (χ1v) is 8.69. The molecule has 1 saturated heterocycles. The lowest BCUT2D eigenvalue weighted by molar-refractivity contribution is -0.123. The fourth-order valence-electron chi connectivity index (χ4n) is 2.92. The summed E-state index contributed by atoms with van der Waals surface area (Å²) in [6, 6.07) is 10.4. The minimum absolute atomic E-state index is 0.0116. The van der Waals surface area contributed by atoms with E-state index in [2.05, 4.69) is 10.2 Å². The molecular weight excluding hydrogens is 336 g/mol. The Labute approximate surface area is 152 Å². The number of phenols is 1. The van der Waals surface area contributed by atoms with E-state index in [0.29, 0.717) is 19.8 Å². The molecule has 1 atom stereocenters. The van der Waals surface area contributed by atoms with Gasteiger partial charge in [0.2, 0.25) is 0 Å². The lowest BCUT2D eigenvalue weighted by Gasteiger charge is -2.33. The average molecular weight is 360 g/mol. The molecule has 7 heteroatoms. The SMILES string of the molecule is Cc1ccc(C(CNC(=O)COc2ccccc2O)N2CCOCC2)o1. The van der Waals surface area contributed by atoms with Crippen molar-refractivity contribution < 1.29 is 23.8 Å². The molecule has 140 valence electrons. The number of hydrogen-bond acceptors (Lipinski definition) is 6. The molecule has 0 aliphatic carbocycles. The van der Waals surface area contributed by atoms with Crippen molar-refractivity contribution in [2.75, 3.05) is 39.5 Å². The van der Waals surface area contributed by atoms with Crippen LogP contribution in [0.25, 0.3) is 0 Å². The highest BCUT2D eigenvalue weighted by Crippen LogP contribution is 2.25. The number of amides is 1. The van der Waals surface area contributed by atoms with Gasteiger partial charge in [-0.1, -0.05) is 12.1 Å². The Bertz CT molecular complexity index is 724. The number of rotatable bonds is 7. The summed E-state index contributed by atoms with van der Waals surface area (Å²) in [5.41, 5.74) is 0. The Morgan fingerprint density at radius 3 is 2.73 bits per heavy atom. The number of aromatic hydroxyl groups is 1. The molecule has 1 aromatic carbocycles. The number of furan rings is 1. The molecule has 2 N–H and O–H groups in total. The van der Waals surface area contributed by atoms with Crippen LogP contribution in [0.15, 0.2) is 40.8 Å². The summed E-state index contributed by atoms with van der Waals surface area (Å²) >= 11 is 0. The van der Waals surface area contributed by atoms with E-state index in [4.69, 9.17) is 13.9 Å². The Morgan fingerprint density at radius 2 is 2.04 bits per heavy atom. The zero-order valence-corrected chi connectivity index (χ0v) is 14.8. The average Bonchev–Trinajstić information content (AvgIpc) is 3.08. The maximum atomic E-state index is 12.2. The van der Waals surface area contributed by atoms with Gasteiger partial charge in [0.25, 0.3) is 5.91 Å². The second-order valence-electron chi connectivity index (χ2n) is 6.17. The van der Waals surface area contributed by atoms with Gasteiger partial charge in [-0.3, -0.25) is 9.69 Å². The van der Waals surface area contributed by atoms with Crippen LogP contribution in [0.4, 0.5) is 0 Å². The van der Waals surface area contributed by atoms with Crippen molar-refractivity contribution in [3.05, 3.63) is 47.9 Å². The quantitative estimate of drug-likeness (QED) is 0.784. The molecule has 0 bridgehead atoms. The molecule has 1 unspecified atom stereocenters. The highest BCUT2D eigenvalue weighted by atomic mass is 16.5. The van der Waals surface area contributed by atoms with Gasteiger partial charge in [0.05, 0.1) is 19.3 Å². The van der Waals surface area contributed by atoms with Crippen molar-refractivity contribution in [1.82, 2.24) is 10.2 Å². The normalized spacial score (nSPS) is 16.2. The molecule has 1 fully saturated rings. The molecule has 26 heavy (non-hydrogen) atoms. The summed E-state index contributed by atoms with van der Waals surface area (Å²) in [6.45, 7) is 5.06. The lowest BCUT2D eigenvalue weighted by atomic mass is 10.1. The molecule has 7 nitrogen and oxygen atoms in total. The van der Waals surface area contributed by atoms with E-state index in [0.717, 1.165) is 24.6 Å². The minimum Gasteiger partial charge on any atom is -0.504 e. The fraction of sp³-hybridized carbons (Fsp3) is 0.421. The van der Waals surface area contributed by atoms with Gasteiger partial charge in [0.1, 0.15) is 11.5 Å². The number of aryl methyl sites for hydroxylation is 1. The number of para-hydroxylation sites is 2. The summed E-state index contributed by atoms with van der Waals surface area (Å²) in [5.74, 6) is 1.71. The van der Waals surface area contributed by atoms with Crippen molar-refractivity contribution >= 4 is 5.91 Å². The summed E-state index contributed by atoms with van der Waals surface area (Å²) < 4.78 is 16.6. The molecular formula is C19H24N2O5. The Balaban J connectivity index is 1.56. The van der Waals surface area contributed by atoms with Crippen LogP contribution in [-0.4, -0.2) is 55.4 Å². The van der Waals surface area contributed by atoms with E-state index in [1.54, 1.807) is 18.2 Å². The summed E-state index contributed by atoms with van der Waals surface area (Å²) in [6.07, 6.45) is 0. The molecule has 1 amide bonds. The van der Waals surface area contributed by atoms with Gasteiger partial charge >= 0.3 is 0 Å². The van der Waals surface area contributed by atoms with Gasteiger partial charge in [0.15, 0.2) is 18.1 Å². The van der Waals surface area contributed by atoms with Crippen LogP contribution < -0.4 is 10.1 Å². The lowest BCUT2D eigenvalue weighted by Crippen LogP contribution is -2.44. The third kappa shape index (κ3) is 4.77. The summed E-state index contributed by atoms with van der Waals surface area (Å²) in [5, 5.41) is 12.6. The summed E-state index contributed by atoms with van der Waals surface area (Å²) in [4.78, 5) is 14.4. The van der Waals surface area contributed by atoms with E-state index in [1.165, 1.54) is 6.07 Å². The van der Waals surface area contributed by atoms with Crippen molar-refractivity contribution in [3.8, 4) is 11.5 Å². The first-order valence-electron chi connectivity index (χ1n) is 8.69. The summed E-state index contributed by atoms with van der Waals surface area (Å²) in [7, 11) is 0.